The van der Waals surface area contributed by atoms with E-state index in [1.807, 2.05) is 24.3 Å². The molecular weight excluding hydrogens is 342 g/mol. The highest BCUT2D eigenvalue weighted by atomic mass is 32.2. The molecule has 1 heterocycles. The molecule has 6 nitrogen and oxygen atoms in total. The van der Waals surface area contributed by atoms with Crippen molar-refractivity contribution in [2.75, 3.05) is 7.11 Å². The fourth-order valence-corrected chi connectivity index (χ4v) is 3.53. The average molecular weight is 359 g/mol. The zero-order valence-corrected chi connectivity index (χ0v) is 14.4. The van der Waals surface area contributed by atoms with Crippen molar-refractivity contribution in [3.8, 4) is 0 Å². The summed E-state index contributed by atoms with van der Waals surface area (Å²) >= 11 is 0. The molecule has 1 aromatic heterocycles. The summed E-state index contributed by atoms with van der Waals surface area (Å²) in [5.41, 5.74) is 1.68. The molecule has 1 N–H and O–H groups in total. The molecule has 0 amide bonds. The van der Waals surface area contributed by atoms with Gasteiger partial charge in [0.2, 0.25) is 10.0 Å². The second-order valence-electron chi connectivity index (χ2n) is 5.53. The van der Waals surface area contributed by atoms with Crippen LogP contribution in [-0.4, -0.2) is 15.5 Å². The third kappa shape index (κ3) is 4.14. The number of benzene rings is 2. The van der Waals surface area contributed by atoms with Crippen LogP contribution in [0.3, 0.4) is 0 Å². The van der Waals surface area contributed by atoms with E-state index in [0.29, 0.717) is 17.6 Å². The first kappa shape index (κ1) is 17.3. The van der Waals surface area contributed by atoms with Gasteiger partial charge in [0.15, 0.2) is 0 Å². The van der Waals surface area contributed by atoms with Crippen LogP contribution in [0.2, 0.25) is 0 Å². The Kier molecular flexibility index (Phi) is 4.98. The summed E-state index contributed by atoms with van der Waals surface area (Å²) in [7, 11) is -2.08. The molecule has 0 bridgehead atoms. The standard InChI is InChI=1S/C18H17NO5S/c1-23-12-14-4-2-3-13(9-14)11-19-25(21,22)16-6-7-17-15(10-16)5-8-18(20)24-17/h2-10,19H,11-12H2,1H3. The molecule has 0 fully saturated rings. The molecule has 0 saturated heterocycles. The minimum Gasteiger partial charge on any atom is -0.423 e. The number of fused-ring (bicyclic) bond motifs is 1. The van der Waals surface area contributed by atoms with Gasteiger partial charge in [-0.2, -0.15) is 0 Å². The van der Waals surface area contributed by atoms with Crippen LogP contribution in [0.15, 0.2) is 68.7 Å². The van der Waals surface area contributed by atoms with Crippen LogP contribution >= 0.6 is 0 Å². The van der Waals surface area contributed by atoms with Crippen LogP contribution in [0.1, 0.15) is 11.1 Å². The lowest BCUT2D eigenvalue weighted by Gasteiger charge is -2.09. The van der Waals surface area contributed by atoms with E-state index in [4.69, 9.17) is 9.15 Å². The maximum Gasteiger partial charge on any atom is 0.336 e. The molecule has 0 aliphatic heterocycles. The van der Waals surface area contributed by atoms with Gasteiger partial charge >= 0.3 is 5.63 Å². The van der Waals surface area contributed by atoms with Crippen LogP contribution in [0.5, 0.6) is 0 Å². The van der Waals surface area contributed by atoms with Gasteiger partial charge in [-0.3, -0.25) is 0 Å². The number of nitrogens with one attached hydrogen (secondary N) is 1. The van der Waals surface area contributed by atoms with Crippen LogP contribution in [-0.2, 0) is 27.9 Å². The van der Waals surface area contributed by atoms with Gasteiger partial charge in [-0.1, -0.05) is 24.3 Å². The number of ether oxygens (including phenoxy) is 1. The van der Waals surface area contributed by atoms with Gasteiger partial charge in [-0.05, 0) is 35.4 Å². The Labute approximate surface area is 145 Å². The van der Waals surface area contributed by atoms with E-state index in [1.165, 1.54) is 30.3 Å². The molecule has 3 aromatic rings. The maximum absolute atomic E-state index is 12.5. The van der Waals surface area contributed by atoms with Gasteiger partial charge < -0.3 is 9.15 Å². The van der Waals surface area contributed by atoms with Crippen molar-refractivity contribution in [2.24, 2.45) is 0 Å². The van der Waals surface area contributed by atoms with E-state index in [-0.39, 0.29) is 11.4 Å². The largest absolute Gasteiger partial charge is 0.423 e. The lowest BCUT2D eigenvalue weighted by atomic mass is 10.1. The monoisotopic (exact) mass is 359 g/mol. The van der Waals surface area contributed by atoms with E-state index in [2.05, 4.69) is 4.72 Å². The number of hydrogen-bond donors (Lipinski definition) is 1. The summed E-state index contributed by atoms with van der Waals surface area (Å²) in [6, 6.07) is 14.7. The average Bonchev–Trinajstić information content (AvgIpc) is 2.60. The Morgan fingerprint density at radius 1 is 1.04 bits per heavy atom. The second-order valence-corrected chi connectivity index (χ2v) is 7.30. The lowest BCUT2D eigenvalue weighted by Crippen LogP contribution is -2.23. The summed E-state index contributed by atoms with van der Waals surface area (Å²) in [5, 5.41) is 0.546. The molecule has 2 aromatic carbocycles. The van der Waals surface area contributed by atoms with Crippen molar-refractivity contribution in [3.05, 3.63) is 76.1 Å². The molecule has 25 heavy (non-hydrogen) atoms. The lowest BCUT2D eigenvalue weighted by molar-refractivity contribution is 0.185. The van der Waals surface area contributed by atoms with Gasteiger partial charge in [0.1, 0.15) is 5.58 Å². The molecule has 130 valence electrons. The van der Waals surface area contributed by atoms with E-state index < -0.39 is 15.6 Å². The smallest absolute Gasteiger partial charge is 0.336 e. The van der Waals surface area contributed by atoms with E-state index in [9.17, 15) is 13.2 Å². The molecule has 7 heteroatoms. The Bertz CT molecular complexity index is 1060. The molecule has 0 spiro atoms. The Morgan fingerprint density at radius 3 is 2.64 bits per heavy atom. The summed E-state index contributed by atoms with van der Waals surface area (Å²) in [4.78, 5) is 11.3. The first-order chi connectivity index (χ1) is 12.0. The zero-order chi connectivity index (χ0) is 17.9. The van der Waals surface area contributed by atoms with Crippen LogP contribution < -0.4 is 10.3 Å². The van der Waals surface area contributed by atoms with Gasteiger partial charge in [0.05, 0.1) is 11.5 Å². The third-order valence-electron chi connectivity index (χ3n) is 3.67. The van der Waals surface area contributed by atoms with E-state index >= 15 is 0 Å². The Morgan fingerprint density at radius 2 is 1.84 bits per heavy atom. The SMILES string of the molecule is COCc1cccc(CNS(=O)(=O)c2ccc3oc(=O)ccc3c2)c1. The molecule has 3 rings (SSSR count). The summed E-state index contributed by atoms with van der Waals surface area (Å²) < 4.78 is 37.7. The summed E-state index contributed by atoms with van der Waals surface area (Å²) in [6.45, 7) is 0.637. The zero-order valence-electron chi connectivity index (χ0n) is 13.6. The number of sulfonamides is 1. The molecule has 0 atom stereocenters. The fourth-order valence-electron chi connectivity index (χ4n) is 2.47. The third-order valence-corrected chi connectivity index (χ3v) is 5.07. The Hall–Kier alpha value is -2.48. The van der Waals surface area contributed by atoms with Crippen molar-refractivity contribution in [1.29, 1.82) is 0 Å². The van der Waals surface area contributed by atoms with E-state index in [0.717, 1.165) is 11.1 Å². The van der Waals surface area contributed by atoms with Gasteiger partial charge in [-0.25, -0.2) is 17.9 Å². The minimum absolute atomic E-state index is 0.113. The van der Waals surface area contributed by atoms with Crippen LogP contribution in [0.25, 0.3) is 11.0 Å². The minimum atomic E-state index is -3.69. The molecule has 0 radical (unpaired) electrons. The predicted octanol–water partition coefficient (Wildman–Crippen LogP) is 2.42. The van der Waals surface area contributed by atoms with Gasteiger partial charge in [0.25, 0.3) is 0 Å². The van der Waals surface area contributed by atoms with Crippen molar-refractivity contribution >= 4 is 21.0 Å². The molecular formula is C18H17NO5S. The first-order valence-electron chi connectivity index (χ1n) is 7.58. The molecule has 0 unspecified atom stereocenters. The predicted molar refractivity (Wildman–Crippen MR) is 93.7 cm³/mol. The van der Waals surface area contributed by atoms with Gasteiger partial charge in [-0.15, -0.1) is 0 Å². The Balaban J connectivity index is 1.81. The molecule has 0 aliphatic rings. The number of hydrogen-bond acceptors (Lipinski definition) is 5. The highest BCUT2D eigenvalue weighted by Gasteiger charge is 2.15. The first-order valence-corrected chi connectivity index (χ1v) is 9.06. The topological polar surface area (TPSA) is 85.6 Å². The van der Waals surface area contributed by atoms with E-state index in [1.54, 1.807) is 7.11 Å². The van der Waals surface area contributed by atoms with Crippen LogP contribution in [0, 0.1) is 0 Å². The normalized spacial score (nSPS) is 11.7. The second kappa shape index (κ2) is 7.18. The van der Waals surface area contributed by atoms with Crippen molar-refractivity contribution < 1.29 is 17.6 Å². The highest BCUT2D eigenvalue weighted by Crippen LogP contribution is 2.18. The van der Waals surface area contributed by atoms with Crippen molar-refractivity contribution in [3.63, 3.8) is 0 Å². The van der Waals surface area contributed by atoms with Crippen molar-refractivity contribution in [2.45, 2.75) is 18.0 Å². The number of rotatable bonds is 6. The van der Waals surface area contributed by atoms with Gasteiger partial charge in [0, 0.05) is 25.1 Å². The van der Waals surface area contributed by atoms with Crippen LogP contribution in [0.4, 0.5) is 0 Å². The van der Waals surface area contributed by atoms with Crippen molar-refractivity contribution in [1.82, 2.24) is 4.72 Å². The number of methoxy groups -OCH3 is 1. The molecule has 0 aliphatic carbocycles. The quantitative estimate of drug-likeness (QED) is 0.683. The fraction of sp³-hybridized carbons (Fsp3) is 0.167. The highest BCUT2D eigenvalue weighted by molar-refractivity contribution is 7.89. The summed E-state index contributed by atoms with van der Waals surface area (Å²) in [6.07, 6.45) is 0. The summed E-state index contributed by atoms with van der Waals surface area (Å²) in [5.74, 6) is 0. The molecule has 0 saturated carbocycles. The maximum atomic E-state index is 12.5.